The SMILES string of the molecule is CCC1CCC(CNC(=O)Cc2cn3ccsc3n2)CC1. The zero-order valence-corrected chi connectivity index (χ0v) is 13.4. The van der Waals surface area contributed by atoms with Crippen LogP contribution in [0, 0.1) is 11.8 Å². The lowest BCUT2D eigenvalue weighted by molar-refractivity contribution is -0.120. The Labute approximate surface area is 129 Å². The number of carbonyl (C=O) groups is 1. The summed E-state index contributed by atoms with van der Waals surface area (Å²) < 4.78 is 1.97. The van der Waals surface area contributed by atoms with E-state index in [2.05, 4.69) is 17.2 Å². The van der Waals surface area contributed by atoms with Gasteiger partial charge >= 0.3 is 0 Å². The van der Waals surface area contributed by atoms with Crippen LogP contribution in [-0.4, -0.2) is 21.8 Å². The molecule has 0 spiro atoms. The molecule has 114 valence electrons. The second-order valence-corrected chi connectivity index (χ2v) is 6.97. The van der Waals surface area contributed by atoms with E-state index in [1.807, 2.05) is 22.2 Å². The van der Waals surface area contributed by atoms with Gasteiger partial charge in [-0.3, -0.25) is 9.20 Å². The summed E-state index contributed by atoms with van der Waals surface area (Å²) in [4.78, 5) is 17.4. The summed E-state index contributed by atoms with van der Waals surface area (Å²) in [5.41, 5.74) is 0.856. The lowest BCUT2D eigenvalue weighted by atomic mass is 9.81. The fourth-order valence-electron chi connectivity index (χ4n) is 3.19. The van der Waals surface area contributed by atoms with E-state index in [0.29, 0.717) is 12.3 Å². The summed E-state index contributed by atoms with van der Waals surface area (Å²) in [6, 6.07) is 0. The first-order chi connectivity index (χ1) is 10.2. The normalized spacial score (nSPS) is 22.5. The molecule has 0 aliphatic heterocycles. The van der Waals surface area contributed by atoms with Crippen molar-refractivity contribution < 1.29 is 4.79 Å². The monoisotopic (exact) mass is 305 g/mol. The summed E-state index contributed by atoms with van der Waals surface area (Å²) in [7, 11) is 0. The summed E-state index contributed by atoms with van der Waals surface area (Å²) in [6.45, 7) is 3.11. The summed E-state index contributed by atoms with van der Waals surface area (Å²) in [5.74, 6) is 1.68. The number of aromatic nitrogens is 2. The molecule has 2 aromatic rings. The highest BCUT2D eigenvalue weighted by Crippen LogP contribution is 2.30. The minimum Gasteiger partial charge on any atom is -0.355 e. The molecule has 1 saturated carbocycles. The molecule has 0 aromatic carbocycles. The van der Waals surface area contributed by atoms with Crippen molar-refractivity contribution in [1.29, 1.82) is 0 Å². The van der Waals surface area contributed by atoms with Crippen LogP contribution in [0.3, 0.4) is 0 Å². The maximum atomic E-state index is 12.0. The Morgan fingerprint density at radius 3 is 2.86 bits per heavy atom. The molecular formula is C16H23N3OS. The number of nitrogens with one attached hydrogen (secondary N) is 1. The van der Waals surface area contributed by atoms with Crippen molar-refractivity contribution in [3.8, 4) is 0 Å². The van der Waals surface area contributed by atoms with E-state index in [0.717, 1.165) is 23.1 Å². The summed E-state index contributed by atoms with van der Waals surface area (Å²) in [6.07, 6.45) is 10.8. The van der Waals surface area contributed by atoms with Gasteiger partial charge in [-0.15, -0.1) is 11.3 Å². The third kappa shape index (κ3) is 3.64. The van der Waals surface area contributed by atoms with Crippen LogP contribution >= 0.6 is 11.3 Å². The lowest BCUT2D eigenvalue weighted by Gasteiger charge is -2.27. The van der Waals surface area contributed by atoms with E-state index >= 15 is 0 Å². The fraction of sp³-hybridized carbons (Fsp3) is 0.625. The van der Waals surface area contributed by atoms with Gasteiger partial charge in [-0.05, 0) is 24.7 Å². The first-order valence-corrected chi connectivity index (χ1v) is 8.80. The van der Waals surface area contributed by atoms with E-state index in [1.165, 1.54) is 32.1 Å². The molecule has 3 rings (SSSR count). The number of carbonyl (C=O) groups excluding carboxylic acids is 1. The molecular weight excluding hydrogens is 282 g/mol. The van der Waals surface area contributed by atoms with E-state index in [4.69, 9.17) is 0 Å². The van der Waals surface area contributed by atoms with Crippen LogP contribution < -0.4 is 5.32 Å². The van der Waals surface area contributed by atoms with Gasteiger partial charge in [-0.2, -0.15) is 0 Å². The number of thiazole rings is 1. The zero-order chi connectivity index (χ0) is 14.7. The second kappa shape index (κ2) is 6.60. The van der Waals surface area contributed by atoms with Gasteiger partial charge in [-0.1, -0.05) is 26.2 Å². The van der Waals surface area contributed by atoms with Crippen LogP contribution in [0.2, 0.25) is 0 Å². The quantitative estimate of drug-likeness (QED) is 0.921. The van der Waals surface area contributed by atoms with E-state index in [1.54, 1.807) is 11.3 Å². The number of fused-ring (bicyclic) bond motifs is 1. The van der Waals surface area contributed by atoms with Crippen LogP contribution in [0.1, 0.15) is 44.7 Å². The fourth-order valence-corrected chi connectivity index (χ4v) is 3.91. The molecule has 1 fully saturated rings. The highest BCUT2D eigenvalue weighted by atomic mass is 32.1. The molecule has 1 aliphatic rings. The second-order valence-electron chi connectivity index (χ2n) is 6.10. The first-order valence-electron chi connectivity index (χ1n) is 7.92. The van der Waals surface area contributed by atoms with Gasteiger partial charge in [0, 0.05) is 24.3 Å². The van der Waals surface area contributed by atoms with Crippen molar-refractivity contribution in [2.45, 2.75) is 45.4 Å². The Balaban J connectivity index is 1.43. The van der Waals surface area contributed by atoms with Gasteiger partial charge in [0.25, 0.3) is 0 Å². The molecule has 1 aliphatic carbocycles. The maximum absolute atomic E-state index is 12.0. The molecule has 0 unspecified atom stereocenters. The highest BCUT2D eigenvalue weighted by molar-refractivity contribution is 7.15. The van der Waals surface area contributed by atoms with Gasteiger partial charge in [0.1, 0.15) is 0 Å². The van der Waals surface area contributed by atoms with E-state index in [9.17, 15) is 4.79 Å². The minimum atomic E-state index is 0.0957. The molecule has 0 atom stereocenters. The molecule has 5 heteroatoms. The Bertz CT molecular complexity index is 567. The lowest BCUT2D eigenvalue weighted by Crippen LogP contribution is -2.32. The van der Waals surface area contributed by atoms with Gasteiger partial charge in [0.05, 0.1) is 12.1 Å². The van der Waals surface area contributed by atoms with E-state index in [-0.39, 0.29) is 5.91 Å². The molecule has 4 nitrogen and oxygen atoms in total. The van der Waals surface area contributed by atoms with Gasteiger partial charge in [0.2, 0.25) is 5.91 Å². The molecule has 21 heavy (non-hydrogen) atoms. The van der Waals surface area contributed by atoms with Gasteiger partial charge in [0.15, 0.2) is 4.96 Å². The van der Waals surface area contributed by atoms with Crippen molar-refractivity contribution in [2.24, 2.45) is 11.8 Å². The smallest absolute Gasteiger partial charge is 0.226 e. The van der Waals surface area contributed by atoms with Crippen LogP contribution in [0.5, 0.6) is 0 Å². The number of amides is 1. The summed E-state index contributed by atoms with van der Waals surface area (Å²) in [5, 5.41) is 5.08. The average molecular weight is 305 g/mol. The number of hydrogen-bond acceptors (Lipinski definition) is 3. The topological polar surface area (TPSA) is 46.4 Å². The van der Waals surface area contributed by atoms with Gasteiger partial charge in [-0.25, -0.2) is 4.98 Å². The number of imidazole rings is 1. The number of nitrogens with zero attached hydrogens (tertiary/aromatic N) is 2. The number of rotatable bonds is 5. The van der Waals surface area contributed by atoms with Crippen LogP contribution in [0.15, 0.2) is 17.8 Å². The van der Waals surface area contributed by atoms with E-state index < -0.39 is 0 Å². The maximum Gasteiger partial charge on any atom is 0.226 e. The third-order valence-electron chi connectivity index (χ3n) is 4.62. The zero-order valence-electron chi connectivity index (χ0n) is 12.5. The van der Waals surface area contributed by atoms with Crippen molar-refractivity contribution in [3.63, 3.8) is 0 Å². The third-order valence-corrected chi connectivity index (χ3v) is 5.39. The standard InChI is InChI=1S/C16H23N3OS/c1-2-12-3-5-13(6-4-12)10-17-15(20)9-14-11-19-7-8-21-16(19)18-14/h7-8,11-13H,2-6,9-10H2,1H3,(H,17,20). The largest absolute Gasteiger partial charge is 0.355 e. The summed E-state index contributed by atoms with van der Waals surface area (Å²) >= 11 is 1.59. The van der Waals surface area contributed by atoms with Crippen molar-refractivity contribution in [2.75, 3.05) is 6.54 Å². The molecule has 1 N–H and O–H groups in total. The molecule has 0 bridgehead atoms. The van der Waals surface area contributed by atoms with Crippen molar-refractivity contribution in [3.05, 3.63) is 23.5 Å². The molecule has 0 radical (unpaired) electrons. The predicted molar refractivity (Wildman–Crippen MR) is 85.5 cm³/mol. The van der Waals surface area contributed by atoms with Crippen LogP contribution in [0.4, 0.5) is 0 Å². The Kier molecular flexibility index (Phi) is 4.58. The minimum absolute atomic E-state index is 0.0957. The predicted octanol–water partition coefficient (Wildman–Crippen LogP) is 3.27. The van der Waals surface area contributed by atoms with Gasteiger partial charge < -0.3 is 5.32 Å². The van der Waals surface area contributed by atoms with Crippen molar-refractivity contribution in [1.82, 2.24) is 14.7 Å². The molecule has 0 saturated heterocycles. The molecule has 2 heterocycles. The van der Waals surface area contributed by atoms with Crippen LogP contribution in [0.25, 0.3) is 4.96 Å². The van der Waals surface area contributed by atoms with Crippen molar-refractivity contribution >= 4 is 22.2 Å². The Morgan fingerprint density at radius 2 is 2.14 bits per heavy atom. The Morgan fingerprint density at radius 1 is 1.38 bits per heavy atom. The highest BCUT2D eigenvalue weighted by Gasteiger charge is 2.20. The average Bonchev–Trinajstić information content (AvgIpc) is 3.07. The molecule has 2 aromatic heterocycles. The Hall–Kier alpha value is -1.36. The first kappa shape index (κ1) is 14.6. The molecule has 1 amide bonds. The van der Waals surface area contributed by atoms with Crippen LogP contribution in [-0.2, 0) is 11.2 Å². The number of hydrogen-bond donors (Lipinski definition) is 1.